The normalized spacial score (nSPS) is 16.0. The third kappa shape index (κ3) is 4.54. The van der Waals surface area contributed by atoms with Crippen molar-refractivity contribution in [2.45, 2.75) is 47.5 Å². The van der Waals surface area contributed by atoms with Crippen LogP contribution in [-0.4, -0.2) is 7.05 Å². The van der Waals surface area contributed by atoms with Crippen molar-refractivity contribution in [1.29, 1.82) is 0 Å². The number of benzene rings is 5. The molecule has 1 aliphatic carbocycles. The summed E-state index contributed by atoms with van der Waals surface area (Å²) in [5.41, 5.74) is 16.4. The molecule has 5 aromatic carbocycles. The zero-order valence-electron chi connectivity index (χ0n) is 26.8. The second kappa shape index (κ2) is 11.1. The first-order chi connectivity index (χ1) is 21.3. The number of rotatable bonds is 4. The second-order valence-corrected chi connectivity index (χ2v) is 12.8. The molecule has 2 aliphatic rings. The predicted molar refractivity (Wildman–Crippen MR) is 192 cm³/mol. The molecule has 0 atom stereocenters. The summed E-state index contributed by atoms with van der Waals surface area (Å²) in [6.07, 6.45) is 7.16. The van der Waals surface area contributed by atoms with Crippen LogP contribution in [0.1, 0.15) is 62.8 Å². The summed E-state index contributed by atoms with van der Waals surface area (Å²) in [6.45, 7) is 11.6. The van der Waals surface area contributed by atoms with Gasteiger partial charge in [0.25, 0.3) is 0 Å². The number of hydrogen-bond donors (Lipinski definition) is 0. The maximum absolute atomic E-state index is 2.50. The molecule has 0 bridgehead atoms. The van der Waals surface area contributed by atoms with Crippen LogP contribution in [0.4, 0.5) is 11.4 Å². The molecule has 7 rings (SSSR count). The average molecular weight is 572 g/mol. The number of nitrogens with zero attached hydrogens (tertiary/aromatic N) is 1. The van der Waals surface area contributed by atoms with Crippen LogP contribution in [0.15, 0.2) is 132 Å². The summed E-state index contributed by atoms with van der Waals surface area (Å²) in [7, 11) is 2.18. The zero-order chi connectivity index (χ0) is 30.5. The van der Waals surface area contributed by atoms with E-state index in [4.69, 9.17) is 0 Å². The summed E-state index contributed by atoms with van der Waals surface area (Å²) in [4.78, 5) is 2.33. The fourth-order valence-corrected chi connectivity index (χ4v) is 7.88. The molecule has 1 heteroatoms. The summed E-state index contributed by atoms with van der Waals surface area (Å²) in [5.74, 6) is 0.448. The third-order valence-corrected chi connectivity index (χ3v) is 9.77. The van der Waals surface area contributed by atoms with Crippen molar-refractivity contribution < 1.29 is 0 Å². The van der Waals surface area contributed by atoms with Crippen LogP contribution in [0.2, 0.25) is 0 Å². The molecule has 0 aromatic heterocycles. The maximum atomic E-state index is 2.50. The molecule has 44 heavy (non-hydrogen) atoms. The van der Waals surface area contributed by atoms with Gasteiger partial charge in [0.2, 0.25) is 0 Å². The molecule has 1 nitrogen and oxygen atoms in total. The summed E-state index contributed by atoms with van der Waals surface area (Å²) >= 11 is 0. The van der Waals surface area contributed by atoms with Crippen LogP contribution in [0, 0.1) is 12.8 Å². The Morgan fingerprint density at radius 3 is 1.73 bits per heavy atom. The minimum Gasteiger partial charge on any atom is -0.344 e. The van der Waals surface area contributed by atoms with Gasteiger partial charge in [-0.3, -0.25) is 0 Å². The SMILES string of the molecule is CC(/C=C1\CCC(/C=C(\C)c2c3ccccc3c(C)c3ccccc23)=C1C(C)C)=C1c2ccccc2N(C)c2ccccc21. The smallest absolute Gasteiger partial charge is 0.0488 e. The first kappa shape index (κ1) is 28.2. The first-order valence-corrected chi connectivity index (χ1v) is 16.0. The number of fused-ring (bicyclic) bond motifs is 4. The van der Waals surface area contributed by atoms with Crippen molar-refractivity contribution in [3.8, 4) is 0 Å². The molecule has 0 N–H and O–H groups in total. The topological polar surface area (TPSA) is 3.24 Å². The van der Waals surface area contributed by atoms with Gasteiger partial charge in [-0.25, -0.2) is 0 Å². The van der Waals surface area contributed by atoms with E-state index in [1.165, 1.54) is 88.6 Å². The Morgan fingerprint density at radius 1 is 0.682 bits per heavy atom. The monoisotopic (exact) mass is 571 g/mol. The maximum Gasteiger partial charge on any atom is 0.0488 e. The quantitative estimate of drug-likeness (QED) is 0.194. The first-order valence-electron chi connectivity index (χ1n) is 16.0. The Hall–Kier alpha value is -4.62. The van der Waals surface area contributed by atoms with E-state index in [2.05, 4.69) is 156 Å². The number of hydrogen-bond acceptors (Lipinski definition) is 1. The Kier molecular flexibility index (Phi) is 7.13. The van der Waals surface area contributed by atoms with Crippen LogP contribution in [0.3, 0.4) is 0 Å². The van der Waals surface area contributed by atoms with Crippen LogP contribution in [0.25, 0.3) is 32.7 Å². The molecule has 0 fully saturated rings. The Morgan fingerprint density at radius 2 is 1.18 bits per heavy atom. The lowest BCUT2D eigenvalue weighted by Crippen LogP contribution is -2.18. The largest absolute Gasteiger partial charge is 0.344 e. The van der Waals surface area contributed by atoms with E-state index in [1.807, 2.05) is 0 Å². The van der Waals surface area contributed by atoms with E-state index in [0.717, 1.165) is 12.8 Å². The molecular formula is C43H41N. The highest BCUT2D eigenvalue weighted by molar-refractivity contribution is 6.11. The van der Waals surface area contributed by atoms with Gasteiger partial charge in [0.1, 0.15) is 0 Å². The standard InChI is InChI=1S/C43H41N/c1-27(2)41-31(25-28(3)42-35-17-9-7-15-33(35)30(5)34-16-8-10-18-36(34)42)23-24-32(41)26-29(4)43-37-19-11-13-21-39(37)44(6)40-22-14-12-20-38(40)43/h7-22,25-27H,23-24H2,1-6H3/b28-25+,32-26+. The Labute approximate surface area is 262 Å². The van der Waals surface area contributed by atoms with Crippen molar-refractivity contribution in [3.05, 3.63) is 154 Å². The second-order valence-electron chi connectivity index (χ2n) is 12.8. The van der Waals surface area contributed by atoms with E-state index >= 15 is 0 Å². The number of allylic oxidation sites excluding steroid dienone is 7. The minimum absolute atomic E-state index is 0.448. The van der Waals surface area contributed by atoms with Crippen molar-refractivity contribution in [2.75, 3.05) is 11.9 Å². The molecule has 218 valence electrons. The van der Waals surface area contributed by atoms with Gasteiger partial charge < -0.3 is 4.90 Å². The zero-order valence-corrected chi connectivity index (χ0v) is 26.8. The fraction of sp³-hybridized carbons (Fsp3) is 0.209. The van der Waals surface area contributed by atoms with Gasteiger partial charge in [0.15, 0.2) is 0 Å². The van der Waals surface area contributed by atoms with E-state index < -0.39 is 0 Å². The molecule has 0 unspecified atom stereocenters. The lowest BCUT2D eigenvalue weighted by molar-refractivity contribution is 0.777. The van der Waals surface area contributed by atoms with E-state index in [9.17, 15) is 0 Å². The lowest BCUT2D eigenvalue weighted by Gasteiger charge is -2.32. The van der Waals surface area contributed by atoms with Crippen molar-refractivity contribution in [2.24, 2.45) is 5.92 Å². The Bertz CT molecular complexity index is 1970. The van der Waals surface area contributed by atoms with Gasteiger partial charge >= 0.3 is 0 Å². The van der Waals surface area contributed by atoms with Crippen LogP contribution in [-0.2, 0) is 0 Å². The fourth-order valence-electron chi connectivity index (χ4n) is 7.88. The molecule has 0 amide bonds. The Balaban J connectivity index is 1.39. The molecular weight excluding hydrogens is 530 g/mol. The third-order valence-electron chi connectivity index (χ3n) is 9.77. The summed E-state index contributed by atoms with van der Waals surface area (Å²) in [5, 5.41) is 5.39. The van der Waals surface area contributed by atoms with Gasteiger partial charge in [-0.15, -0.1) is 0 Å². The molecule has 0 radical (unpaired) electrons. The van der Waals surface area contributed by atoms with Gasteiger partial charge in [0, 0.05) is 29.5 Å². The van der Waals surface area contributed by atoms with E-state index in [0.29, 0.717) is 5.92 Å². The predicted octanol–water partition coefficient (Wildman–Crippen LogP) is 12.0. The van der Waals surface area contributed by atoms with E-state index in [1.54, 1.807) is 0 Å². The van der Waals surface area contributed by atoms with Gasteiger partial charge in [0.05, 0.1) is 0 Å². The summed E-state index contributed by atoms with van der Waals surface area (Å²) < 4.78 is 0. The number of anilines is 2. The summed E-state index contributed by atoms with van der Waals surface area (Å²) in [6, 6.07) is 35.5. The van der Waals surface area contributed by atoms with Crippen molar-refractivity contribution in [1.82, 2.24) is 0 Å². The van der Waals surface area contributed by atoms with Crippen molar-refractivity contribution in [3.63, 3.8) is 0 Å². The minimum atomic E-state index is 0.448. The molecule has 0 saturated heterocycles. The molecule has 5 aromatic rings. The molecule has 1 aliphatic heterocycles. The van der Waals surface area contributed by atoms with Crippen LogP contribution < -0.4 is 4.90 Å². The highest BCUT2D eigenvalue weighted by Gasteiger charge is 2.26. The molecule has 1 heterocycles. The van der Waals surface area contributed by atoms with E-state index in [-0.39, 0.29) is 0 Å². The van der Waals surface area contributed by atoms with Gasteiger partial charge in [-0.2, -0.15) is 0 Å². The van der Waals surface area contributed by atoms with Crippen LogP contribution in [0.5, 0.6) is 0 Å². The number of aryl methyl sites for hydroxylation is 1. The highest BCUT2D eigenvalue weighted by Crippen LogP contribution is 2.47. The average Bonchev–Trinajstić information content (AvgIpc) is 3.43. The van der Waals surface area contributed by atoms with Gasteiger partial charge in [-0.05, 0) is 118 Å². The molecule has 0 saturated carbocycles. The highest BCUT2D eigenvalue weighted by atomic mass is 15.1. The molecule has 0 spiro atoms. The lowest BCUT2D eigenvalue weighted by atomic mass is 9.85. The van der Waals surface area contributed by atoms with Crippen LogP contribution >= 0.6 is 0 Å². The van der Waals surface area contributed by atoms with Gasteiger partial charge in [-0.1, -0.05) is 111 Å². The number of para-hydroxylation sites is 2. The van der Waals surface area contributed by atoms with Crippen molar-refractivity contribution >= 4 is 44.1 Å².